The first kappa shape index (κ1) is 11.5. The van der Waals surface area contributed by atoms with Gasteiger partial charge in [0, 0.05) is 12.7 Å². The summed E-state index contributed by atoms with van der Waals surface area (Å²) in [5.41, 5.74) is -0.0473. The molecule has 0 amide bonds. The fraction of sp³-hybridized carbons (Fsp3) is 0.455. The van der Waals surface area contributed by atoms with E-state index in [0.29, 0.717) is 12.0 Å². The molecule has 0 aromatic heterocycles. The molecular formula is C11H13FO3S. The number of hydrogen-bond donors (Lipinski definition) is 1. The predicted octanol–water partition coefficient (Wildman–Crippen LogP) is 1.30. The molecule has 1 aliphatic carbocycles. The summed E-state index contributed by atoms with van der Waals surface area (Å²) >= 11 is 0. The van der Waals surface area contributed by atoms with Gasteiger partial charge in [-0.2, -0.15) is 0 Å². The highest BCUT2D eigenvalue weighted by molar-refractivity contribution is 7.90. The van der Waals surface area contributed by atoms with Gasteiger partial charge >= 0.3 is 0 Å². The maximum atomic E-state index is 13.3. The molecule has 1 N–H and O–H groups in total. The second-order valence-electron chi connectivity index (χ2n) is 4.44. The van der Waals surface area contributed by atoms with E-state index in [4.69, 9.17) is 0 Å². The third kappa shape index (κ3) is 2.41. The maximum Gasteiger partial charge on any atom is 0.178 e. The Hall–Kier alpha value is -0.940. The molecule has 1 fully saturated rings. The zero-order valence-electron chi connectivity index (χ0n) is 8.90. The molecule has 5 heteroatoms. The smallest absolute Gasteiger partial charge is 0.178 e. The van der Waals surface area contributed by atoms with Gasteiger partial charge in [0.2, 0.25) is 0 Å². The van der Waals surface area contributed by atoms with Crippen molar-refractivity contribution in [3.8, 4) is 0 Å². The lowest BCUT2D eigenvalue weighted by Crippen LogP contribution is -2.11. The van der Waals surface area contributed by atoms with Crippen molar-refractivity contribution in [3.05, 3.63) is 29.6 Å². The number of aliphatic hydroxyl groups is 1. The van der Waals surface area contributed by atoms with E-state index in [1.807, 2.05) is 0 Å². The van der Waals surface area contributed by atoms with Crippen LogP contribution in [0.5, 0.6) is 0 Å². The Kier molecular flexibility index (Phi) is 2.55. The highest BCUT2D eigenvalue weighted by atomic mass is 32.2. The van der Waals surface area contributed by atoms with E-state index in [2.05, 4.69) is 0 Å². The molecule has 16 heavy (non-hydrogen) atoms. The third-order valence-electron chi connectivity index (χ3n) is 2.76. The van der Waals surface area contributed by atoms with Crippen molar-refractivity contribution >= 4 is 9.84 Å². The van der Waals surface area contributed by atoms with Gasteiger partial charge < -0.3 is 5.11 Å². The molecule has 1 aromatic carbocycles. The fourth-order valence-corrected chi connectivity index (χ4v) is 2.43. The van der Waals surface area contributed by atoms with Gasteiger partial charge in [0.05, 0.1) is 5.60 Å². The summed E-state index contributed by atoms with van der Waals surface area (Å²) in [4.78, 5) is -0.297. The van der Waals surface area contributed by atoms with E-state index in [1.165, 1.54) is 12.1 Å². The van der Waals surface area contributed by atoms with Gasteiger partial charge in [-0.05, 0) is 30.5 Å². The van der Waals surface area contributed by atoms with E-state index < -0.39 is 21.3 Å². The number of halogens is 1. The van der Waals surface area contributed by atoms with Crippen LogP contribution in [-0.2, 0) is 16.3 Å². The lowest BCUT2D eigenvalue weighted by Gasteiger charge is -2.09. The Bertz CT molecular complexity index is 518. The number of rotatable bonds is 3. The average Bonchev–Trinajstić information content (AvgIpc) is 2.85. The molecule has 0 heterocycles. The number of hydrogen-bond acceptors (Lipinski definition) is 3. The average molecular weight is 244 g/mol. The standard InChI is InChI=1S/C11H13FO3S/c1-16(14,15)10-6-8(2-3-9(10)12)7-11(13)4-5-11/h2-3,6,13H,4-5,7H2,1H3. The molecule has 2 rings (SSSR count). The van der Waals surface area contributed by atoms with Crippen LogP contribution in [0.3, 0.4) is 0 Å². The monoisotopic (exact) mass is 244 g/mol. The van der Waals surface area contributed by atoms with Crippen LogP contribution in [0.4, 0.5) is 4.39 Å². The van der Waals surface area contributed by atoms with E-state index in [9.17, 15) is 17.9 Å². The third-order valence-corrected chi connectivity index (χ3v) is 3.87. The first-order valence-corrected chi connectivity index (χ1v) is 6.90. The Morgan fingerprint density at radius 1 is 1.44 bits per heavy atom. The Balaban J connectivity index is 2.36. The summed E-state index contributed by atoms with van der Waals surface area (Å²) < 4.78 is 35.8. The van der Waals surface area contributed by atoms with Crippen LogP contribution in [0.1, 0.15) is 18.4 Å². The van der Waals surface area contributed by atoms with Crippen molar-refractivity contribution in [2.24, 2.45) is 0 Å². The molecule has 0 aliphatic heterocycles. The van der Waals surface area contributed by atoms with Crippen molar-refractivity contribution in [2.75, 3.05) is 6.26 Å². The summed E-state index contributed by atoms with van der Waals surface area (Å²) in [5, 5.41) is 9.70. The number of benzene rings is 1. The fourth-order valence-electron chi connectivity index (χ4n) is 1.64. The largest absolute Gasteiger partial charge is 0.390 e. The lowest BCUT2D eigenvalue weighted by atomic mass is 10.1. The van der Waals surface area contributed by atoms with Gasteiger partial charge in [0.15, 0.2) is 9.84 Å². The van der Waals surface area contributed by atoms with Crippen LogP contribution in [0.25, 0.3) is 0 Å². The van der Waals surface area contributed by atoms with E-state index in [-0.39, 0.29) is 4.90 Å². The van der Waals surface area contributed by atoms with Gasteiger partial charge in [-0.15, -0.1) is 0 Å². The normalized spacial score (nSPS) is 18.4. The predicted molar refractivity (Wildman–Crippen MR) is 57.4 cm³/mol. The molecule has 88 valence electrons. The molecule has 1 saturated carbocycles. The lowest BCUT2D eigenvalue weighted by molar-refractivity contribution is 0.151. The van der Waals surface area contributed by atoms with Gasteiger partial charge in [-0.3, -0.25) is 0 Å². The first-order valence-electron chi connectivity index (χ1n) is 5.01. The summed E-state index contributed by atoms with van der Waals surface area (Å²) in [6.45, 7) is 0. The zero-order valence-corrected chi connectivity index (χ0v) is 9.72. The Morgan fingerprint density at radius 2 is 2.06 bits per heavy atom. The molecule has 0 radical (unpaired) electrons. The Morgan fingerprint density at radius 3 is 2.56 bits per heavy atom. The minimum Gasteiger partial charge on any atom is -0.390 e. The molecule has 1 aliphatic rings. The van der Waals surface area contributed by atoms with Crippen molar-refractivity contribution in [3.63, 3.8) is 0 Å². The van der Waals surface area contributed by atoms with Crippen molar-refractivity contribution < 1.29 is 17.9 Å². The van der Waals surface area contributed by atoms with Crippen molar-refractivity contribution in [2.45, 2.75) is 29.8 Å². The molecule has 0 spiro atoms. The molecule has 1 aromatic rings. The number of sulfone groups is 1. The van der Waals surface area contributed by atoms with Gasteiger partial charge in [0.25, 0.3) is 0 Å². The second-order valence-corrected chi connectivity index (χ2v) is 6.42. The summed E-state index contributed by atoms with van der Waals surface area (Å²) in [6, 6.07) is 3.96. The molecular weight excluding hydrogens is 231 g/mol. The van der Waals surface area contributed by atoms with E-state index in [0.717, 1.165) is 25.2 Å². The molecule has 0 saturated heterocycles. The van der Waals surface area contributed by atoms with Gasteiger partial charge in [-0.1, -0.05) is 6.07 Å². The van der Waals surface area contributed by atoms with Crippen LogP contribution in [0, 0.1) is 5.82 Å². The highest BCUT2D eigenvalue weighted by Gasteiger charge is 2.40. The van der Waals surface area contributed by atoms with Crippen LogP contribution < -0.4 is 0 Å². The molecule has 0 bridgehead atoms. The second kappa shape index (κ2) is 3.53. The zero-order chi connectivity index (χ0) is 12.0. The van der Waals surface area contributed by atoms with Crippen LogP contribution in [-0.4, -0.2) is 25.4 Å². The molecule has 0 atom stereocenters. The minimum absolute atomic E-state index is 0.297. The summed E-state index contributed by atoms with van der Waals surface area (Å²) in [6.07, 6.45) is 2.80. The van der Waals surface area contributed by atoms with Crippen LogP contribution in [0.15, 0.2) is 23.1 Å². The first-order chi connectivity index (χ1) is 7.30. The SMILES string of the molecule is CS(=O)(=O)c1cc(CC2(O)CC2)ccc1F. The summed E-state index contributed by atoms with van der Waals surface area (Å²) in [5.74, 6) is -0.742. The van der Waals surface area contributed by atoms with Crippen molar-refractivity contribution in [1.29, 1.82) is 0 Å². The van der Waals surface area contributed by atoms with Gasteiger partial charge in [-0.25, -0.2) is 12.8 Å². The highest BCUT2D eigenvalue weighted by Crippen LogP contribution is 2.38. The maximum absolute atomic E-state index is 13.3. The quantitative estimate of drug-likeness (QED) is 0.872. The molecule has 3 nitrogen and oxygen atoms in total. The van der Waals surface area contributed by atoms with E-state index in [1.54, 1.807) is 0 Å². The van der Waals surface area contributed by atoms with Crippen LogP contribution >= 0.6 is 0 Å². The van der Waals surface area contributed by atoms with Gasteiger partial charge in [0.1, 0.15) is 10.7 Å². The summed E-state index contributed by atoms with van der Waals surface area (Å²) in [7, 11) is -3.55. The van der Waals surface area contributed by atoms with Crippen molar-refractivity contribution in [1.82, 2.24) is 0 Å². The minimum atomic E-state index is -3.55. The van der Waals surface area contributed by atoms with Crippen LogP contribution in [0.2, 0.25) is 0 Å². The molecule has 0 unspecified atom stereocenters. The topological polar surface area (TPSA) is 54.4 Å². The Labute approximate surface area is 93.8 Å². The van der Waals surface area contributed by atoms with E-state index >= 15 is 0 Å².